The van der Waals surface area contributed by atoms with Crippen molar-refractivity contribution in [3.63, 3.8) is 0 Å². The molecule has 92 valence electrons. The molecule has 1 saturated heterocycles. The Balaban J connectivity index is 1.98. The highest BCUT2D eigenvalue weighted by Crippen LogP contribution is 2.65. The maximum Gasteiger partial charge on any atom is 0.0640 e. The molecule has 0 aromatic heterocycles. The van der Waals surface area contributed by atoms with Crippen LogP contribution in [0.15, 0.2) is 0 Å². The Hall–Kier alpha value is -0.0400. The van der Waals surface area contributed by atoms with E-state index in [4.69, 9.17) is 4.74 Å². The SMILES string of the molecule is CC1CCC2(C)C(C1)OC1CCC2(C)C1C. The minimum absolute atomic E-state index is 0.450. The average molecular weight is 222 g/mol. The third-order valence-electron chi connectivity index (χ3n) is 6.64. The van der Waals surface area contributed by atoms with Gasteiger partial charge in [0.15, 0.2) is 0 Å². The summed E-state index contributed by atoms with van der Waals surface area (Å²) in [6.45, 7) is 9.88. The number of ether oxygens (including phenoxy) is 1. The van der Waals surface area contributed by atoms with E-state index in [2.05, 4.69) is 27.7 Å². The zero-order valence-corrected chi connectivity index (χ0v) is 11.3. The van der Waals surface area contributed by atoms with Crippen molar-refractivity contribution in [3.8, 4) is 0 Å². The Labute approximate surface area is 99.9 Å². The quantitative estimate of drug-likeness (QED) is 0.601. The van der Waals surface area contributed by atoms with Gasteiger partial charge >= 0.3 is 0 Å². The summed E-state index contributed by atoms with van der Waals surface area (Å²) >= 11 is 0. The van der Waals surface area contributed by atoms with Gasteiger partial charge in [-0.1, -0.05) is 27.7 Å². The van der Waals surface area contributed by atoms with Crippen LogP contribution in [0, 0.1) is 22.7 Å². The summed E-state index contributed by atoms with van der Waals surface area (Å²) in [6, 6.07) is 0. The van der Waals surface area contributed by atoms with E-state index in [1.807, 2.05) is 0 Å². The van der Waals surface area contributed by atoms with Gasteiger partial charge in [0.2, 0.25) is 0 Å². The molecule has 16 heavy (non-hydrogen) atoms. The lowest BCUT2D eigenvalue weighted by Crippen LogP contribution is -2.57. The fourth-order valence-corrected chi connectivity index (χ4v) is 4.84. The van der Waals surface area contributed by atoms with Crippen LogP contribution in [0.25, 0.3) is 0 Å². The summed E-state index contributed by atoms with van der Waals surface area (Å²) < 4.78 is 6.43. The zero-order chi connectivity index (χ0) is 11.6. The zero-order valence-electron chi connectivity index (χ0n) is 11.3. The van der Waals surface area contributed by atoms with Gasteiger partial charge in [-0.05, 0) is 54.8 Å². The van der Waals surface area contributed by atoms with Gasteiger partial charge in [0.05, 0.1) is 12.2 Å². The summed E-state index contributed by atoms with van der Waals surface area (Å²) in [4.78, 5) is 0. The first-order chi connectivity index (χ1) is 7.47. The van der Waals surface area contributed by atoms with Crippen LogP contribution in [0.2, 0.25) is 0 Å². The van der Waals surface area contributed by atoms with Crippen molar-refractivity contribution in [3.05, 3.63) is 0 Å². The van der Waals surface area contributed by atoms with Gasteiger partial charge in [-0.25, -0.2) is 0 Å². The molecule has 0 amide bonds. The van der Waals surface area contributed by atoms with E-state index in [0.717, 1.165) is 11.8 Å². The second kappa shape index (κ2) is 3.25. The second-order valence-corrected chi connectivity index (χ2v) is 7.21. The van der Waals surface area contributed by atoms with E-state index in [0.29, 0.717) is 23.0 Å². The summed E-state index contributed by atoms with van der Waals surface area (Å²) in [5.41, 5.74) is 0.993. The van der Waals surface area contributed by atoms with Crippen LogP contribution < -0.4 is 0 Å². The largest absolute Gasteiger partial charge is 0.374 e. The van der Waals surface area contributed by atoms with E-state index in [1.165, 1.54) is 32.1 Å². The van der Waals surface area contributed by atoms with Crippen molar-refractivity contribution in [1.82, 2.24) is 0 Å². The number of hydrogen-bond acceptors (Lipinski definition) is 1. The van der Waals surface area contributed by atoms with Gasteiger partial charge in [-0.3, -0.25) is 0 Å². The van der Waals surface area contributed by atoms with E-state index < -0.39 is 0 Å². The average Bonchev–Trinajstić information content (AvgIpc) is 2.46. The molecule has 0 spiro atoms. The molecule has 0 N–H and O–H groups in total. The van der Waals surface area contributed by atoms with E-state index in [9.17, 15) is 0 Å². The van der Waals surface area contributed by atoms with Crippen LogP contribution in [0.5, 0.6) is 0 Å². The third-order valence-corrected chi connectivity index (χ3v) is 6.64. The monoisotopic (exact) mass is 222 g/mol. The molecular weight excluding hydrogens is 196 g/mol. The first-order valence-electron chi connectivity index (χ1n) is 7.13. The normalized spacial score (nSPS) is 60.8. The Kier molecular flexibility index (Phi) is 2.25. The fourth-order valence-electron chi connectivity index (χ4n) is 4.84. The Morgan fingerprint density at radius 3 is 2.44 bits per heavy atom. The minimum atomic E-state index is 0.450. The van der Waals surface area contributed by atoms with Gasteiger partial charge in [0, 0.05) is 0 Å². The molecule has 0 aromatic rings. The van der Waals surface area contributed by atoms with Crippen molar-refractivity contribution < 1.29 is 4.74 Å². The van der Waals surface area contributed by atoms with E-state index in [-0.39, 0.29) is 0 Å². The maximum absolute atomic E-state index is 6.43. The molecule has 1 heteroatoms. The van der Waals surface area contributed by atoms with Crippen LogP contribution in [0.1, 0.15) is 59.8 Å². The predicted molar refractivity (Wildman–Crippen MR) is 66.3 cm³/mol. The minimum Gasteiger partial charge on any atom is -0.374 e. The predicted octanol–water partition coefficient (Wildman–Crippen LogP) is 4.02. The number of fused-ring (bicyclic) bond motifs is 4. The highest BCUT2D eigenvalue weighted by Gasteiger charge is 2.62. The van der Waals surface area contributed by atoms with Gasteiger partial charge in [-0.15, -0.1) is 0 Å². The molecule has 1 heterocycles. The lowest BCUT2D eigenvalue weighted by molar-refractivity contribution is -0.210. The molecule has 6 atom stereocenters. The van der Waals surface area contributed by atoms with Gasteiger partial charge in [0.1, 0.15) is 0 Å². The van der Waals surface area contributed by atoms with Crippen molar-refractivity contribution in [2.75, 3.05) is 0 Å². The molecule has 3 aliphatic rings. The molecule has 3 rings (SSSR count). The molecule has 2 aliphatic carbocycles. The molecule has 3 fully saturated rings. The Morgan fingerprint density at radius 1 is 1.00 bits per heavy atom. The standard InChI is InChI=1S/C15H26O/c1-10-5-7-15(4)13(9-10)16-12-6-8-14(15,3)11(12)2/h10-13H,5-9H2,1-4H3. The molecule has 2 bridgehead atoms. The fraction of sp³-hybridized carbons (Fsp3) is 1.00. The topological polar surface area (TPSA) is 9.23 Å². The first kappa shape index (κ1) is 11.1. The van der Waals surface area contributed by atoms with Crippen molar-refractivity contribution >= 4 is 0 Å². The van der Waals surface area contributed by atoms with Gasteiger partial charge in [-0.2, -0.15) is 0 Å². The third kappa shape index (κ3) is 1.16. The smallest absolute Gasteiger partial charge is 0.0640 e. The highest BCUT2D eigenvalue weighted by molar-refractivity contribution is 5.10. The maximum atomic E-state index is 6.43. The summed E-state index contributed by atoms with van der Waals surface area (Å²) in [7, 11) is 0. The van der Waals surface area contributed by atoms with Crippen LogP contribution in [0.4, 0.5) is 0 Å². The number of hydrogen-bond donors (Lipinski definition) is 0. The lowest BCUT2D eigenvalue weighted by atomic mass is 9.52. The summed E-state index contributed by atoms with van der Waals surface area (Å²) in [5, 5.41) is 0. The van der Waals surface area contributed by atoms with Crippen LogP contribution in [-0.2, 0) is 4.74 Å². The molecular formula is C15H26O. The van der Waals surface area contributed by atoms with Crippen LogP contribution in [0.3, 0.4) is 0 Å². The highest BCUT2D eigenvalue weighted by atomic mass is 16.5. The second-order valence-electron chi connectivity index (χ2n) is 7.21. The van der Waals surface area contributed by atoms with Crippen LogP contribution in [-0.4, -0.2) is 12.2 Å². The summed E-state index contributed by atoms with van der Waals surface area (Å²) in [5.74, 6) is 1.64. The molecule has 1 nitrogen and oxygen atoms in total. The lowest BCUT2D eigenvalue weighted by Gasteiger charge is -2.58. The molecule has 1 aliphatic heterocycles. The van der Waals surface area contributed by atoms with Gasteiger partial charge in [0.25, 0.3) is 0 Å². The Morgan fingerprint density at radius 2 is 1.69 bits per heavy atom. The van der Waals surface area contributed by atoms with Crippen molar-refractivity contribution in [1.29, 1.82) is 0 Å². The van der Waals surface area contributed by atoms with Crippen LogP contribution >= 0.6 is 0 Å². The molecule has 0 radical (unpaired) electrons. The number of rotatable bonds is 0. The molecule has 6 unspecified atom stereocenters. The van der Waals surface area contributed by atoms with E-state index >= 15 is 0 Å². The summed E-state index contributed by atoms with van der Waals surface area (Å²) in [6.07, 6.45) is 7.89. The molecule has 2 saturated carbocycles. The van der Waals surface area contributed by atoms with Crippen molar-refractivity contribution in [2.24, 2.45) is 22.7 Å². The van der Waals surface area contributed by atoms with Crippen molar-refractivity contribution in [2.45, 2.75) is 72.0 Å². The molecule has 0 aromatic carbocycles. The van der Waals surface area contributed by atoms with Gasteiger partial charge < -0.3 is 4.74 Å². The van der Waals surface area contributed by atoms with E-state index in [1.54, 1.807) is 0 Å². The first-order valence-corrected chi connectivity index (χ1v) is 7.13. The Bertz CT molecular complexity index is 300.